The molecule has 0 saturated carbocycles. The Hall–Kier alpha value is -2.19. The van der Waals surface area contributed by atoms with E-state index in [1.54, 1.807) is 18.2 Å². The molecule has 100 valence electrons. The Labute approximate surface area is 110 Å². The molecule has 8 heteroatoms. The second kappa shape index (κ2) is 5.21. The largest absolute Gasteiger partial charge is 0.439 e. The number of hydrogen-bond donors (Lipinski definition) is 2. The van der Waals surface area contributed by atoms with Gasteiger partial charge in [0.1, 0.15) is 5.75 Å². The molecule has 19 heavy (non-hydrogen) atoms. The highest BCUT2D eigenvalue weighted by molar-refractivity contribution is 7.90. The minimum absolute atomic E-state index is 0.227. The van der Waals surface area contributed by atoms with Gasteiger partial charge in [-0.25, -0.2) is 19.2 Å². The van der Waals surface area contributed by atoms with Gasteiger partial charge in [-0.05, 0) is 24.3 Å². The Morgan fingerprint density at radius 1 is 1.21 bits per heavy atom. The highest BCUT2D eigenvalue weighted by atomic mass is 32.2. The van der Waals surface area contributed by atoms with E-state index in [-0.39, 0.29) is 10.8 Å². The number of ether oxygens (including phenoxy) is 1. The molecule has 0 saturated heterocycles. The van der Waals surface area contributed by atoms with Crippen molar-refractivity contribution in [3.8, 4) is 11.6 Å². The van der Waals surface area contributed by atoms with Crippen molar-refractivity contribution < 1.29 is 13.2 Å². The predicted molar refractivity (Wildman–Crippen MR) is 69.5 cm³/mol. The normalized spacial score (nSPS) is 11.1. The zero-order valence-corrected chi connectivity index (χ0v) is 10.9. The molecular formula is C11H12N4O3S. The van der Waals surface area contributed by atoms with Crippen LogP contribution in [0.3, 0.4) is 0 Å². The molecule has 0 amide bonds. The zero-order valence-electron chi connectivity index (χ0n) is 10.1. The third-order valence-corrected chi connectivity index (χ3v) is 3.36. The van der Waals surface area contributed by atoms with Crippen LogP contribution in [0.2, 0.25) is 0 Å². The third kappa shape index (κ3) is 3.39. The maximum Gasteiger partial charge on any atom is 0.240 e. The number of anilines is 1. The SMILES string of the molecule is CS(=O)(=O)c1ccc(Oc2ccnc(NN)n2)cc1. The van der Waals surface area contributed by atoms with Gasteiger partial charge in [0.2, 0.25) is 11.8 Å². The average Bonchev–Trinajstić information content (AvgIpc) is 2.38. The van der Waals surface area contributed by atoms with E-state index in [1.165, 1.54) is 18.3 Å². The van der Waals surface area contributed by atoms with Crippen LogP contribution in [0, 0.1) is 0 Å². The molecule has 0 radical (unpaired) electrons. The van der Waals surface area contributed by atoms with Crippen LogP contribution in [-0.2, 0) is 9.84 Å². The lowest BCUT2D eigenvalue weighted by Gasteiger charge is -2.06. The minimum Gasteiger partial charge on any atom is -0.439 e. The van der Waals surface area contributed by atoms with Crippen LogP contribution in [-0.4, -0.2) is 24.6 Å². The fraction of sp³-hybridized carbons (Fsp3) is 0.0909. The Morgan fingerprint density at radius 2 is 1.89 bits per heavy atom. The fourth-order valence-electron chi connectivity index (χ4n) is 1.34. The van der Waals surface area contributed by atoms with E-state index in [0.717, 1.165) is 6.26 Å². The average molecular weight is 280 g/mol. The monoisotopic (exact) mass is 280 g/mol. The van der Waals surface area contributed by atoms with Gasteiger partial charge in [0.05, 0.1) is 4.90 Å². The van der Waals surface area contributed by atoms with Gasteiger partial charge in [-0.1, -0.05) is 0 Å². The zero-order chi connectivity index (χ0) is 13.9. The van der Waals surface area contributed by atoms with Crippen molar-refractivity contribution in [2.24, 2.45) is 5.84 Å². The Kier molecular flexibility index (Phi) is 3.63. The molecule has 7 nitrogen and oxygen atoms in total. The highest BCUT2D eigenvalue weighted by Crippen LogP contribution is 2.21. The Balaban J connectivity index is 2.19. The van der Waals surface area contributed by atoms with Gasteiger partial charge in [0.15, 0.2) is 9.84 Å². The Bertz CT molecular complexity index is 671. The molecule has 2 aromatic rings. The Morgan fingerprint density at radius 3 is 2.47 bits per heavy atom. The number of hydrazine groups is 1. The van der Waals surface area contributed by atoms with Crippen molar-refractivity contribution in [2.45, 2.75) is 4.90 Å². The molecule has 0 unspecified atom stereocenters. The summed E-state index contributed by atoms with van der Waals surface area (Å²) >= 11 is 0. The first-order valence-corrected chi connectivity index (χ1v) is 7.16. The van der Waals surface area contributed by atoms with E-state index in [1.807, 2.05) is 0 Å². The molecule has 0 spiro atoms. The molecule has 0 fully saturated rings. The first kappa shape index (κ1) is 13.2. The molecule has 2 rings (SSSR count). The summed E-state index contributed by atoms with van der Waals surface area (Å²) in [5, 5.41) is 0. The summed E-state index contributed by atoms with van der Waals surface area (Å²) in [4.78, 5) is 8.04. The third-order valence-electron chi connectivity index (χ3n) is 2.23. The van der Waals surface area contributed by atoms with Gasteiger partial charge >= 0.3 is 0 Å². The molecular weight excluding hydrogens is 268 g/mol. The van der Waals surface area contributed by atoms with Crippen molar-refractivity contribution >= 4 is 15.8 Å². The van der Waals surface area contributed by atoms with E-state index >= 15 is 0 Å². The first-order valence-electron chi connectivity index (χ1n) is 5.27. The van der Waals surface area contributed by atoms with Crippen molar-refractivity contribution in [1.29, 1.82) is 0 Å². The lowest BCUT2D eigenvalue weighted by molar-refractivity contribution is 0.462. The molecule has 1 aromatic heterocycles. The summed E-state index contributed by atoms with van der Waals surface area (Å²) in [6, 6.07) is 7.59. The number of nitrogens with zero attached hydrogens (tertiary/aromatic N) is 2. The van der Waals surface area contributed by atoms with Crippen LogP contribution in [0.25, 0.3) is 0 Å². The number of rotatable bonds is 4. The molecule has 3 N–H and O–H groups in total. The summed E-state index contributed by atoms with van der Waals surface area (Å²) in [6.07, 6.45) is 2.63. The highest BCUT2D eigenvalue weighted by Gasteiger charge is 2.07. The van der Waals surface area contributed by atoms with Crippen molar-refractivity contribution in [2.75, 3.05) is 11.7 Å². The first-order chi connectivity index (χ1) is 8.99. The van der Waals surface area contributed by atoms with Gasteiger partial charge in [-0.3, -0.25) is 5.43 Å². The van der Waals surface area contributed by atoms with Crippen LogP contribution < -0.4 is 16.0 Å². The van der Waals surface area contributed by atoms with E-state index in [4.69, 9.17) is 10.6 Å². The van der Waals surface area contributed by atoms with Crippen LogP contribution in [0.4, 0.5) is 5.95 Å². The molecule has 0 bridgehead atoms. The summed E-state index contributed by atoms with van der Waals surface area (Å²) in [5.41, 5.74) is 2.30. The molecule has 1 heterocycles. The van der Waals surface area contributed by atoms with Crippen LogP contribution in [0.1, 0.15) is 0 Å². The van der Waals surface area contributed by atoms with Crippen LogP contribution >= 0.6 is 0 Å². The van der Waals surface area contributed by atoms with Crippen molar-refractivity contribution in [3.05, 3.63) is 36.5 Å². The lowest BCUT2D eigenvalue weighted by atomic mass is 10.3. The van der Waals surface area contributed by atoms with Gasteiger partial charge in [-0.2, -0.15) is 4.98 Å². The number of benzene rings is 1. The maximum atomic E-state index is 11.3. The van der Waals surface area contributed by atoms with Gasteiger partial charge in [0.25, 0.3) is 0 Å². The number of hydrogen-bond acceptors (Lipinski definition) is 7. The van der Waals surface area contributed by atoms with E-state index < -0.39 is 9.84 Å². The minimum atomic E-state index is -3.21. The number of nitrogens with one attached hydrogen (secondary N) is 1. The molecule has 0 atom stereocenters. The van der Waals surface area contributed by atoms with Crippen LogP contribution in [0.5, 0.6) is 11.6 Å². The number of sulfone groups is 1. The summed E-state index contributed by atoms with van der Waals surface area (Å²) < 4.78 is 28.1. The molecule has 0 aliphatic heterocycles. The standard InChI is InChI=1S/C11H12N4O3S/c1-19(16,17)9-4-2-8(3-5-9)18-10-6-7-13-11(14-10)15-12/h2-7H,12H2,1H3,(H,13,14,15). The van der Waals surface area contributed by atoms with E-state index in [0.29, 0.717) is 11.6 Å². The molecule has 1 aromatic carbocycles. The topological polar surface area (TPSA) is 107 Å². The summed E-state index contributed by atoms with van der Waals surface area (Å²) in [7, 11) is -3.21. The van der Waals surface area contributed by atoms with Crippen molar-refractivity contribution in [1.82, 2.24) is 9.97 Å². The number of nitrogen functional groups attached to an aromatic ring is 1. The van der Waals surface area contributed by atoms with Gasteiger partial charge in [-0.15, -0.1) is 0 Å². The maximum absolute atomic E-state index is 11.3. The molecule has 0 aliphatic carbocycles. The van der Waals surface area contributed by atoms with Crippen molar-refractivity contribution in [3.63, 3.8) is 0 Å². The summed E-state index contributed by atoms with van der Waals surface area (Å²) in [5.74, 6) is 6.18. The van der Waals surface area contributed by atoms with E-state index in [2.05, 4.69) is 15.4 Å². The fourth-order valence-corrected chi connectivity index (χ4v) is 1.97. The number of aromatic nitrogens is 2. The predicted octanol–water partition coefficient (Wildman–Crippen LogP) is 0.958. The lowest BCUT2D eigenvalue weighted by Crippen LogP contribution is -2.10. The quantitative estimate of drug-likeness (QED) is 0.634. The molecule has 0 aliphatic rings. The second-order valence-corrected chi connectivity index (χ2v) is 5.72. The van der Waals surface area contributed by atoms with Gasteiger partial charge < -0.3 is 4.74 Å². The smallest absolute Gasteiger partial charge is 0.240 e. The van der Waals surface area contributed by atoms with E-state index in [9.17, 15) is 8.42 Å². The van der Waals surface area contributed by atoms with Crippen LogP contribution in [0.15, 0.2) is 41.4 Å². The number of nitrogens with two attached hydrogens (primary N) is 1. The second-order valence-electron chi connectivity index (χ2n) is 3.71. The van der Waals surface area contributed by atoms with Gasteiger partial charge in [0, 0.05) is 18.5 Å². The summed E-state index contributed by atoms with van der Waals surface area (Å²) in [6.45, 7) is 0.